The Morgan fingerprint density at radius 1 is 1.06 bits per heavy atom. The van der Waals surface area contributed by atoms with Crippen molar-refractivity contribution in [1.82, 2.24) is 5.16 Å². The van der Waals surface area contributed by atoms with Gasteiger partial charge in [-0.15, -0.1) is 0 Å². The lowest BCUT2D eigenvalue weighted by molar-refractivity contribution is -0.132. The number of rotatable bonds is 5. The highest BCUT2D eigenvalue weighted by molar-refractivity contribution is 9.10. The summed E-state index contributed by atoms with van der Waals surface area (Å²) in [5, 5.41) is 15.4. The number of ketones is 1. The number of carbonyl (C=O) groups is 2. The highest BCUT2D eigenvalue weighted by atomic mass is 79.9. The molecule has 182 valence electrons. The Labute approximate surface area is 211 Å². The molecule has 0 saturated carbocycles. The number of Topliss-reactive ketones (excluding diaryl/α,β-unsaturated/α-hetero) is 1. The Bertz CT molecular complexity index is 1320. The van der Waals surface area contributed by atoms with Gasteiger partial charge in [0.2, 0.25) is 0 Å². The molecule has 1 saturated heterocycles. The van der Waals surface area contributed by atoms with Crippen LogP contribution in [0.1, 0.15) is 43.7 Å². The van der Waals surface area contributed by atoms with E-state index >= 15 is 0 Å². The lowest BCUT2D eigenvalue weighted by atomic mass is 9.93. The number of aliphatic hydroxyl groups is 1. The van der Waals surface area contributed by atoms with Gasteiger partial charge >= 0.3 is 5.91 Å². The zero-order valence-electron chi connectivity index (χ0n) is 20.0. The molecule has 1 aromatic heterocycles. The van der Waals surface area contributed by atoms with Gasteiger partial charge in [-0.3, -0.25) is 14.5 Å². The molecule has 4 rings (SSSR count). The van der Waals surface area contributed by atoms with E-state index in [0.29, 0.717) is 28.4 Å². The van der Waals surface area contributed by atoms with Crippen molar-refractivity contribution in [2.24, 2.45) is 0 Å². The highest BCUT2D eigenvalue weighted by Crippen LogP contribution is 2.46. The van der Waals surface area contributed by atoms with Gasteiger partial charge in [-0.25, -0.2) is 0 Å². The highest BCUT2D eigenvalue weighted by Gasteiger charge is 2.49. The van der Waals surface area contributed by atoms with Crippen molar-refractivity contribution in [2.75, 3.05) is 19.1 Å². The van der Waals surface area contributed by atoms with Gasteiger partial charge in [0.25, 0.3) is 5.78 Å². The SMILES string of the molecule is COc1ccc(OC)c([C@H]2C(=C(O)c3ccc(Br)cc3)C(=O)C(=O)N2c2cc(C(C)(C)C)on2)c1. The molecule has 1 fully saturated rings. The molecular weight excluding hydrogens is 516 g/mol. The lowest BCUT2D eigenvalue weighted by Crippen LogP contribution is -2.30. The summed E-state index contributed by atoms with van der Waals surface area (Å²) >= 11 is 3.37. The van der Waals surface area contributed by atoms with Gasteiger partial charge in [0.15, 0.2) is 5.82 Å². The summed E-state index contributed by atoms with van der Waals surface area (Å²) < 4.78 is 17.3. The molecule has 0 unspecified atom stereocenters. The van der Waals surface area contributed by atoms with Gasteiger partial charge in [0.05, 0.1) is 19.8 Å². The van der Waals surface area contributed by atoms with Crippen LogP contribution in [0.5, 0.6) is 11.5 Å². The van der Waals surface area contributed by atoms with E-state index in [0.717, 1.165) is 4.47 Å². The number of hydrogen-bond acceptors (Lipinski definition) is 7. The van der Waals surface area contributed by atoms with Crippen LogP contribution in [0.4, 0.5) is 5.82 Å². The number of benzene rings is 2. The second kappa shape index (κ2) is 9.22. The molecule has 8 nitrogen and oxygen atoms in total. The minimum Gasteiger partial charge on any atom is -0.507 e. The number of carbonyl (C=O) groups excluding carboxylic acids is 2. The van der Waals surface area contributed by atoms with Crippen molar-refractivity contribution >= 4 is 39.2 Å². The molecule has 35 heavy (non-hydrogen) atoms. The third-order valence-electron chi connectivity index (χ3n) is 5.78. The Balaban J connectivity index is 1.99. The molecule has 0 bridgehead atoms. The number of aromatic nitrogens is 1. The average molecular weight is 541 g/mol. The first-order valence-corrected chi connectivity index (χ1v) is 11.6. The number of aliphatic hydroxyl groups excluding tert-OH is 1. The smallest absolute Gasteiger partial charge is 0.301 e. The quantitative estimate of drug-likeness (QED) is 0.263. The summed E-state index contributed by atoms with van der Waals surface area (Å²) in [4.78, 5) is 28.0. The number of amides is 1. The van der Waals surface area contributed by atoms with E-state index in [-0.39, 0.29) is 22.6 Å². The van der Waals surface area contributed by atoms with E-state index in [4.69, 9.17) is 14.0 Å². The molecule has 1 aliphatic heterocycles. The minimum absolute atomic E-state index is 0.0933. The third kappa shape index (κ3) is 4.43. The normalized spacial score (nSPS) is 17.7. The fourth-order valence-corrected chi connectivity index (χ4v) is 4.18. The van der Waals surface area contributed by atoms with Crippen LogP contribution in [0.2, 0.25) is 0 Å². The van der Waals surface area contributed by atoms with Crippen LogP contribution in [-0.2, 0) is 15.0 Å². The van der Waals surface area contributed by atoms with Gasteiger partial charge in [-0.05, 0) is 30.3 Å². The third-order valence-corrected chi connectivity index (χ3v) is 6.31. The van der Waals surface area contributed by atoms with E-state index in [1.807, 2.05) is 20.8 Å². The van der Waals surface area contributed by atoms with Gasteiger partial charge in [-0.1, -0.05) is 54.0 Å². The minimum atomic E-state index is -1.04. The number of hydrogen-bond donors (Lipinski definition) is 1. The summed E-state index contributed by atoms with van der Waals surface area (Å²) in [5.74, 6) is -0.407. The predicted octanol–water partition coefficient (Wildman–Crippen LogP) is 5.38. The van der Waals surface area contributed by atoms with Crippen LogP contribution in [0.15, 0.2) is 63.1 Å². The first-order valence-electron chi connectivity index (χ1n) is 10.8. The maximum absolute atomic E-state index is 13.4. The second-order valence-electron chi connectivity index (χ2n) is 9.08. The Morgan fingerprint density at radius 3 is 2.31 bits per heavy atom. The summed E-state index contributed by atoms with van der Waals surface area (Å²) in [6, 6.07) is 12.4. The molecule has 2 aromatic carbocycles. The molecule has 9 heteroatoms. The fraction of sp³-hybridized carbons (Fsp3) is 0.269. The van der Waals surface area contributed by atoms with Gasteiger partial charge in [0.1, 0.15) is 29.1 Å². The van der Waals surface area contributed by atoms with Crippen molar-refractivity contribution in [1.29, 1.82) is 0 Å². The maximum atomic E-state index is 13.4. The van der Waals surface area contributed by atoms with Crippen LogP contribution in [0.3, 0.4) is 0 Å². The Hall–Kier alpha value is -3.59. The first kappa shape index (κ1) is 24.5. The number of halogens is 1. The summed E-state index contributed by atoms with van der Waals surface area (Å²) in [5.41, 5.74) is 0.363. The molecule has 1 atom stereocenters. The summed E-state index contributed by atoms with van der Waals surface area (Å²) in [7, 11) is 3.00. The zero-order chi connectivity index (χ0) is 25.5. The summed E-state index contributed by atoms with van der Waals surface area (Å²) in [6.07, 6.45) is 0. The standard InChI is InChI=1S/C26H25BrN2O6/c1-26(2,3)19-13-20(28-35-19)29-22(17-12-16(33-4)10-11-18(17)34-5)21(24(31)25(29)32)23(30)14-6-8-15(27)9-7-14/h6-13,22,30H,1-5H3/t22-/m0/s1. The average Bonchev–Trinajstić information content (AvgIpc) is 3.42. The molecule has 0 radical (unpaired) electrons. The van der Waals surface area contributed by atoms with E-state index < -0.39 is 17.7 Å². The largest absolute Gasteiger partial charge is 0.507 e. The molecule has 1 aliphatic rings. The number of anilines is 1. The van der Waals surface area contributed by atoms with E-state index in [2.05, 4.69) is 21.1 Å². The van der Waals surface area contributed by atoms with Crippen molar-refractivity contribution in [2.45, 2.75) is 32.2 Å². The molecule has 1 N–H and O–H groups in total. The molecule has 0 spiro atoms. The van der Waals surface area contributed by atoms with Gasteiger partial charge < -0.3 is 19.1 Å². The number of ether oxygens (including phenoxy) is 2. The fourth-order valence-electron chi connectivity index (χ4n) is 3.91. The molecule has 2 heterocycles. The molecule has 1 amide bonds. The topological polar surface area (TPSA) is 102 Å². The monoisotopic (exact) mass is 540 g/mol. The number of nitrogens with zero attached hydrogens (tertiary/aromatic N) is 2. The Morgan fingerprint density at radius 2 is 1.74 bits per heavy atom. The van der Waals surface area contributed by atoms with Gasteiger partial charge in [0, 0.05) is 27.1 Å². The van der Waals surface area contributed by atoms with Crippen LogP contribution < -0.4 is 14.4 Å². The van der Waals surface area contributed by atoms with Gasteiger partial charge in [-0.2, -0.15) is 0 Å². The van der Waals surface area contributed by atoms with E-state index in [9.17, 15) is 14.7 Å². The Kier molecular flexibility index (Phi) is 6.46. The van der Waals surface area contributed by atoms with E-state index in [1.165, 1.54) is 19.1 Å². The van der Waals surface area contributed by atoms with E-state index in [1.54, 1.807) is 48.5 Å². The second-order valence-corrected chi connectivity index (χ2v) is 10.00. The number of methoxy groups -OCH3 is 2. The van der Waals surface area contributed by atoms with Crippen LogP contribution in [0, 0.1) is 0 Å². The first-order chi connectivity index (χ1) is 16.6. The van der Waals surface area contributed by atoms with Crippen molar-refractivity contribution in [3.8, 4) is 11.5 Å². The molecule has 0 aliphatic carbocycles. The lowest BCUT2D eigenvalue weighted by Gasteiger charge is -2.25. The van der Waals surface area contributed by atoms with Crippen LogP contribution in [0.25, 0.3) is 5.76 Å². The summed E-state index contributed by atoms with van der Waals surface area (Å²) in [6.45, 7) is 5.84. The molecule has 3 aromatic rings. The van der Waals surface area contributed by atoms with Crippen LogP contribution in [-0.4, -0.2) is 36.2 Å². The zero-order valence-corrected chi connectivity index (χ0v) is 21.5. The van der Waals surface area contributed by atoms with Crippen molar-refractivity contribution in [3.05, 3.63) is 75.5 Å². The van der Waals surface area contributed by atoms with Crippen LogP contribution >= 0.6 is 15.9 Å². The van der Waals surface area contributed by atoms with Crippen molar-refractivity contribution < 1.29 is 28.7 Å². The maximum Gasteiger partial charge on any atom is 0.301 e. The van der Waals surface area contributed by atoms with Crippen molar-refractivity contribution in [3.63, 3.8) is 0 Å². The molecular formula is C26H25BrN2O6. The predicted molar refractivity (Wildman–Crippen MR) is 134 cm³/mol.